The van der Waals surface area contributed by atoms with Crippen molar-refractivity contribution in [2.24, 2.45) is 0 Å². The zero-order chi connectivity index (χ0) is 19.1. The van der Waals surface area contributed by atoms with E-state index in [9.17, 15) is 0 Å². The Morgan fingerprint density at radius 2 is 1.46 bits per heavy atom. The number of nitrogens with zero attached hydrogens (tertiary/aromatic N) is 4. The van der Waals surface area contributed by atoms with Gasteiger partial charge in [-0.1, -0.05) is 60.7 Å². The van der Waals surface area contributed by atoms with Crippen molar-refractivity contribution in [3.05, 3.63) is 84.2 Å². The Kier molecular flexibility index (Phi) is 4.02. The lowest BCUT2D eigenvalue weighted by atomic mass is 10.1. The molecule has 136 valence electrons. The fourth-order valence-electron chi connectivity index (χ4n) is 3.37. The van der Waals surface area contributed by atoms with E-state index in [4.69, 9.17) is 15.1 Å². The number of fused-ring (bicyclic) bond motifs is 1. The Morgan fingerprint density at radius 1 is 0.786 bits per heavy atom. The van der Waals surface area contributed by atoms with Crippen LogP contribution in [0.2, 0.25) is 0 Å². The van der Waals surface area contributed by atoms with E-state index in [2.05, 4.69) is 31.2 Å². The van der Waals surface area contributed by atoms with Crippen LogP contribution in [0.3, 0.4) is 0 Å². The van der Waals surface area contributed by atoms with E-state index in [1.165, 1.54) is 0 Å². The maximum atomic E-state index is 4.93. The summed E-state index contributed by atoms with van der Waals surface area (Å²) in [7, 11) is 0. The Hall–Kier alpha value is -3.31. The first-order valence-corrected chi connectivity index (χ1v) is 9.97. The predicted molar refractivity (Wildman–Crippen MR) is 114 cm³/mol. The molecule has 0 radical (unpaired) electrons. The summed E-state index contributed by atoms with van der Waals surface area (Å²) < 4.78 is 1.86. The van der Waals surface area contributed by atoms with Gasteiger partial charge in [-0.15, -0.1) is 11.3 Å². The second-order valence-corrected chi connectivity index (χ2v) is 7.72. The molecule has 0 spiro atoms. The van der Waals surface area contributed by atoms with Gasteiger partial charge in [-0.05, 0) is 19.9 Å². The molecule has 0 amide bonds. The molecule has 2 aromatic carbocycles. The fourth-order valence-corrected chi connectivity index (χ4v) is 4.42. The van der Waals surface area contributed by atoms with Crippen LogP contribution in [0.15, 0.2) is 72.9 Å². The van der Waals surface area contributed by atoms with Crippen LogP contribution in [0.1, 0.15) is 11.3 Å². The summed E-state index contributed by atoms with van der Waals surface area (Å²) in [5.74, 6) is 0. The molecule has 3 heterocycles. The van der Waals surface area contributed by atoms with Gasteiger partial charge in [0.05, 0.1) is 22.0 Å². The average molecular weight is 382 g/mol. The lowest BCUT2D eigenvalue weighted by molar-refractivity contribution is 0.945. The summed E-state index contributed by atoms with van der Waals surface area (Å²) >= 11 is 1.68. The number of aryl methyl sites for hydroxylation is 2. The molecule has 0 aliphatic heterocycles. The zero-order valence-electron chi connectivity index (χ0n) is 15.6. The predicted octanol–water partition coefficient (Wildman–Crippen LogP) is 5.80. The molecule has 3 aromatic heterocycles. The summed E-state index contributed by atoms with van der Waals surface area (Å²) in [4.78, 5) is 10.8. The third kappa shape index (κ3) is 2.80. The van der Waals surface area contributed by atoms with Crippen LogP contribution in [0.5, 0.6) is 0 Å². The number of aromatic nitrogens is 4. The van der Waals surface area contributed by atoms with Crippen molar-refractivity contribution in [1.29, 1.82) is 0 Å². The molecule has 28 heavy (non-hydrogen) atoms. The standard InChI is InChI=1S/C23H18N4S/c1-15-20(17-9-5-3-6-10-17)26-27-14-13-19(25-22(15)27)21-16(2)24-23(28-21)18-11-7-4-8-12-18/h3-14H,1-2H3. The third-order valence-corrected chi connectivity index (χ3v) is 6.04. The molecular weight excluding hydrogens is 364 g/mol. The molecular formula is C23H18N4S. The van der Waals surface area contributed by atoms with E-state index in [-0.39, 0.29) is 0 Å². The van der Waals surface area contributed by atoms with Gasteiger partial charge in [0.15, 0.2) is 5.65 Å². The number of hydrogen-bond donors (Lipinski definition) is 0. The number of rotatable bonds is 3. The zero-order valence-corrected chi connectivity index (χ0v) is 16.4. The first kappa shape index (κ1) is 16.8. The Balaban J connectivity index is 1.61. The van der Waals surface area contributed by atoms with Gasteiger partial charge in [-0.3, -0.25) is 0 Å². The van der Waals surface area contributed by atoms with E-state index in [1.54, 1.807) is 11.3 Å². The van der Waals surface area contributed by atoms with Crippen LogP contribution >= 0.6 is 11.3 Å². The number of benzene rings is 2. The highest BCUT2D eigenvalue weighted by atomic mass is 32.1. The van der Waals surface area contributed by atoms with Crippen molar-refractivity contribution in [1.82, 2.24) is 19.6 Å². The van der Waals surface area contributed by atoms with Crippen molar-refractivity contribution in [2.75, 3.05) is 0 Å². The molecule has 5 heteroatoms. The topological polar surface area (TPSA) is 43.1 Å². The van der Waals surface area contributed by atoms with Gasteiger partial charge in [-0.25, -0.2) is 14.5 Å². The first-order valence-electron chi connectivity index (χ1n) is 9.15. The van der Waals surface area contributed by atoms with Crippen molar-refractivity contribution in [3.63, 3.8) is 0 Å². The summed E-state index contributed by atoms with van der Waals surface area (Å²) in [6.45, 7) is 4.12. The molecule has 0 bridgehead atoms. The van der Waals surface area contributed by atoms with E-state index in [1.807, 2.05) is 60.1 Å². The minimum Gasteiger partial charge on any atom is -0.241 e. The van der Waals surface area contributed by atoms with Crippen LogP contribution in [0.4, 0.5) is 0 Å². The molecule has 0 aliphatic carbocycles. The second kappa shape index (κ2) is 6.69. The molecule has 0 fully saturated rings. The van der Waals surface area contributed by atoms with Gasteiger partial charge in [0, 0.05) is 22.9 Å². The van der Waals surface area contributed by atoms with Gasteiger partial charge in [0.1, 0.15) is 5.01 Å². The summed E-state index contributed by atoms with van der Waals surface area (Å²) in [6, 6.07) is 22.5. The number of thiazole rings is 1. The van der Waals surface area contributed by atoms with Crippen LogP contribution in [0.25, 0.3) is 38.0 Å². The molecule has 0 saturated heterocycles. The highest BCUT2D eigenvalue weighted by Crippen LogP contribution is 2.35. The van der Waals surface area contributed by atoms with Gasteiger partial charge < -0.3 is 0 Å². The highest BCUT2D eigenvalue weighted by Gasteiger charge is 2.16. The van der Waals surface area contributed by atoms with Gasteiger partial charge in [0.2, 0.25) is 0 Å². The Morgan fingerprint density at radius 3 is 2.18 bits per heavy atom. The third-order valence-electron chi connectivity index (χ3n) is 4.81. The molecule has 4 nitrogen and oxygen atoms in total. The van der Waals surface area contributed by atoms with E-state index < -0.39 is 0 Å². The molecule has 0 N–H and O–H groups in total. The van der Waals surface area contributed by atoms with E-state index in [0.29, 0.717) is 0 Å². The Labute approximate surface area is 167 Å². The quantitative estimate of drug-likeness (QED) is 0.396. The van der Waals surface area contributed by atoms with E-state index in [0.717, 1.165) is 49.3 Å². The summed E-state index contributed by atoms with van der Waals surface area (Å²) in [5, 5.41) is 5.75. The maximum absolute atomic E-state index is 4.93. The highest BCUT2D eigenvalue weighted by molar-refractivity contribution is 7.18. The maximum Gasteiger partial charge on any atom is 0.159 e. The van der Waals surface area contributed by atoms with Crippen LogP contribution in [-0.4, -0.2) is 19.6 Å². The Bertz CT molecular complexity index is 1270. The molecule has 5 aromatic rings. The van der Waals surface area contributed by atoms with Crippen LogP contribution < -0.4 is 0 Å². The largest absolute Gasteiger partial charge is 0.241 e. The first-order chi connectivity index (χ1) is 13.7. The molecule has 0 unspecified atom stereocenters. The smallest absolute Gasteiger partial charge is 0.159 e. The summed E-state index contributed by atoms with van der Waals surface area (Å²) in [5.41, 5.74) is 7.11. The SMILES string of the molecule is Cc1nc(-c2ccccc2)sc1-c1ccn2nc(-c3ccccc3)c(C)c2n1. The van der Waals surface area contributed by atoms with Gasteiger partial charge in [0.25, 0.3) is 0 Å². The van der Waals surface area contributed by atoms with Crippen molar-refractivity contribution < 1.29 is 0 Å². The minimum absolute atomic E-state index is 0.880. The van der Waals surface area contributed by atoms with E-state index >= 15 is 0 Å². The molecule has 5 rings (SSSR count). The van der Waals surface area contributed by atoms with Crippen LogP contribution in [0, 0.1) is 13.8 Å². The summed E-state index contributed by atoms with van der Waals surface area (Å²) in [6.07, 6.45) is 1.98. The van der Waals surface area contributed by atoms with Gasteiger partial charge >= 0.3 is 0 Å². The minimum atomic E-state index is 0.880. The molecule has 0 aliphatic rings. The second-order valence-electron chi connectivity index (χ2n) is 6.72. The number of hydrogen-bond acceptors (Lipinski definition) is 4. The lowest BCUT2D eigenvalue weighted by Crippen LogP contribution is -1.92. The van der Waals surface area contributed by atoms with Crippen molar-refractivity contribution >= 4 is 17.0 Å². The molecule has 0 saturated carbocycles. The van der Waals surface area contributed by atoms with Crippen molar-refractivity contribution in [2.45, 2.75) is 13.8 Å². The van der Waals surface area contributed by atoms with Crippen LogP contribution in [-0.2, 0) is 0 Å². The normalized spacial score (nSPS) is 11.2. The van der Waals surface area contributed by atoms with Gasteiger partial charge in [-0.2, -0.15) is 5.10 Å². The average Bonchev–Trinajstić information content (AvgIpc) is 3.29. The molecule has 0 atom stereocenters. The monoisotopic (exact) mass is 382 g/mol. The fraction of sp³-hybridized carbons (Fsp3) is 0.0870. The lowest BCUT2D eigenvalue weighted by Gasteiger charge is -2.00. The van der Waals surface area contributed by atoms with Crippen molar-refractivity contribution in [3.8, 4) is 32.4 Å².